The molecule has 0 spiro atoms. The molecule has 70 valence electrons. The first kappa shape index (κ1) is 9.50. The second kappa shape index (κ2) is 4.44. The molecular formula is C8H10N2O3. The van der Waals surface area contributed by atoms with E-state index in [1.54, 1.807) is 24.3 Å². The Morgan fingerprint density at radius 1 is 1.23 bits per heavy atom. The number of anilines is 1. The minimum absolute atomic E-state index is 0.663. The maximum absolute atomic E-state index is 10.6. The molecule has 0 aliphatic carbocycles. The summed E-state index contributed by atoms with van der Waals surface area (Å²) in [4.78, 5) is 10.6. The summed E-state index contributed by atoms with van der Waals surface area (Å²) in [5, 5.41) is 16.8. The first-order valence-electron chi connectivity index (χ1n) is 3.67. The maximum Gasteiger partial charge on any atom is 0.294 e. The Hall–Kier alpha value is -1.59. The zero-order valence-corrected chi connectivity index (χ0v) is 6.77. The van der Waals surface area contributed by atoms with Gasteiger partial charge in [-0.2, -0.15) is 0 Å². The zero-order valence-electron chi connectivity index (χ0n) is 6.77. The van der Waals surface area contributed by atoms with Crippen LogP contribution in [-0.2, 0) is 4.79 Å². The van der Waals surface area contributed by atoms with Crippen LogP contribution in [0.5, 0.6) is 0 Å². The standard InChI is InChI=1S/C8H10N2O3/c11-7(8(12)13)10-9-6-4-2-1-3-5-6/h1-5,8-9,12-13H,(H,10,11). The summed E-state index contributed by atoms with van der Waals surface area (Å²) in [5.74, 6) is -0.899. The number of amides is 1. The SMILES string of the molecule is O=C(NNc1ccccc1)C(O)O. The van der Waals surface area contributed by atoms with Crippen molar-refractivity contribution in [1.29, 1.82) is 0 Å². The fourth-order valence-corrected chi connectivity index (χ4v) is 0.720. The third-order valence-corrected chi connectivity index (χ3v) is 1.34. The van der Waals surface area contributed by atoms with E-state index < -0.39 is 12.2 Å². The lowest BCUT2D eigenvalue weighted by molar-refractivity contribution is -0.146. The van der Waals surface area contributed by atoms with E-state index in [1.807, 2.05) is 6.07 Å². The van der Waals surface area contributed by atoms with Crippen molar-refractivity contribution in [1.82, 2.24) is 5.43 Å². The van der Waals surface area contributed by atoms with E-state index in [-0.39, 0.29) is 0 Å². The second-order valence-electron chi connectivity index (χ2n) is 2.35. The number of hydrazine groups is 1. The van der Waals surface area contributed by atoms with Crippen molar-refractivity contribution in [2.75, 3.05) is 5.43 Å². The summed E-state index contributed by atoms with van der Waals surface area (Å²) in [6.07, 6.45) is -2.00. The van der Waals surface area contributed by atoms with Gasteiger partial charge in [-0.1, -0.05) is 18.2 Å². The molecule has 1 amide bonds. The highest BCUT2D eigenvalue weighted by Crippen LogP contribution is 2.02. The van der Waals surface area contributed by atoms with Crippen LogP contribution in [0.3, 0.4) is 0 Å². The molecule has 0 unspecified atom stereocenters. The molecule has 5 nitrogen and oxygen atoms in total. The number of aliphatic hydroxyl groups excluding tert-OH is 1. The van der Waals surface area contributed by atoms with Crippen molar-refractivity contribution in [2.45, 2.75) is 6.29 Å². The summed E-state index contributed by atoms with van der Waals surface area (Å²) in [6.45, 7) is 0. The predicted octanol–water partition coefficient (Wildman–Crippen LogP) is -0.560. The van der Waals surface area contributed by atoms with Crippen molar-refractivity contribution >= 4 is 11.6 Å². The largest absolute Gasteiger partial charge is 0.361 e. The van der Waals surface area contributed by atoms with Gasteiger partial charge in [0.25, 0.3) is 5.91 Å². The lowest BCUT2D eigenvalue weighted by Crippen LogP contribution is -2.37. The summed E-state index contributed by atoms with van der Waals surface area (Å²) in [7, 11) is 0. The number of nitrogens with one attached hydrogen (secondary N) is 2. The number of hydrogen-bond donors (Lipinski definition) is 4. The first-order valence-corrected chi connectivity index (χ1v) is 3.67. The first-order chi connectivity index (χ1) is 6.20. The van der Waals surface area contributed by atoms with Gasteiger partial charge in [0.15, 0.2) is 0 Å². The van der Waals surface area contributed by atoms with Crippen LogP contribution in [0.4, 0.5) is 5.69 Å². The molecule has 0 saturated carbocycles. The molecule has 0 aliphatic heterocycles. The van der Waals surface area contributed by atoms with Crippen molar-refractivity contribution in [3.05, 3.63) is 30.3 Å². The van der Waals surface area contributed by atoms with Crippen LogP contribution in [0.15, 0.2) is 30.3 Å². The van der Waals surface area contributed by atoms with E-state index in [4.69, 9.17) is 10.2 Å². The zero-order chi connectivity index (χ0) is 9.68. The lowest BCUT2D eigenvalue weighted by Gasteiger charge is -2.08. The third kappa shape index (κ3) is 3.10. The van der Waals surface area contributed by atoms with E-state index in [1.165, 1.54) is 0 Å². The Bertz CT molecular complexity index is 274. The summed E-state index contributed by atoms with van der Waals surface area (Å²) in [5.41, 5.74) is 5.28. The van der Waals surface area contributed by atoms with Crippen molar-refractivity contribution < 1.29 is 15.0 Å². The molecule has 4 N–H and O–H groups in total. The molecule has 0 bridgehead atoms. The Kier molecular flexibility index (Phi) is 3.24. The van der Waals surface area contributed by atoms with Gasteiger partial charge in [-0.3, -0.25) is 15.6 Å². The highest BCUT2D eigenvalue weighted by atomic mass is 16.5. The molecule has 0 saturated heterocycles. The van der Waals surface area contributed by atoms with E-state index >= 15 is 0 Å². The summed E-state index contributed by atoms with van der Waals surface area (Å²) >= 11 is 0. The fourth-order valence-electron chi connectivity index (χ4n) is 0.720. The Morgan fingerprint density at radius 3 is 2.38 bits per heavy atom. The molecule has 0 aromatic heterocycles. The van der Waals surface area contributed by atoms with Gasteiger partial charge in [0.2, 0.25) is 6.29 Å². The topological polar surface area (TPSA) is 81.6 Å². The lowest BCUT2D eigenvalue weighted by atomic mass is 10.3. The second-order valence-corrected chi connectivity index (χ2v) is 2.35. The highest BCUT2D eigenvalue weighted by Gasteiger charge is 2.08. The smallest absolute Gasteiger partial charge is 0.294 e. The van der Waals surface area contributed by atoms with E-state index in [2.05, 4.69) is 10.9 Å². The molecule has 13 heavy (non-hydrogen) atoms. The van der Waals surface area contributed by atoms with Crippen LogP contribution in [-0.4, -0.2) is 22.4 Å². The number of carbonyl (C=O) groups is 1. The van der Waals surface area contributed by atoms with Gasteiger partial charge in [0.05, 0.1) is 5.69 Å². The molecule has 0 fully saturated rings. The Balaban J connectivity index is 2.40. The monoisotopic (exact) mass is 182 g/mol. The van der Waals surface area contributed by atoms with Crippen LogP contribution in [0.2, 0.25) is 0 Å². The summed E-state index contributed by atoms with van der Waals surface area (Å²) in [6, 6.07) is 8.84. The molecule has 1 rings (SSSR count). The van der Waals surface area contributed by atoms with E-state index in [9.17, 15) is 4.79 Å². The van der Waals surface area contributed by atoms with Gasteiger partial charge >= 0.3 is 0 Å². The van der Waals surface area contributed by atoms with Gasteiger partial charge in [-0.25, -0.2) is 0 Å². The van der Waals surface area contributed by atoms with Crippen molar-refractivity contribution in [2.24, 2.45) is 0 Å². The van der Waals surface area contributed by atoms with Crippen molar-refractivity contribution in [3.63, 3.8) is 0 Å². The van der Waals surface area contributed by atoms with Crippen LogP contribution in [0.1, 0.15) is 0 Å². The van der Waals surface area contributed by atoms with Crippen LogP contribution >= 0.6 is 0 Å². The number of benzene rings is 1. The average molecular weight is 182 g/mol. The normalized spacial score (nSPS) is 9.77. The highest BCUT2D eigenvalue weighted by molar-refractivity contribution is 5.80. The molecule has 0 atom stereocenters. The Labute approximate surface area is 75.0 Å². The average Bonchev–Trinajstić information content (AvgIpc) is 2.15. The predicted molar refractivity (Wildman–Crippen MR) is 46.4 cm³/mol. The molecule has 1 aromatic rings. The number of hydrogen-bond acceptors (Lipinski definition) is 4. The minimum Gasteiger partial charge on any atom is -0.361 e. The number of para-hydroxylation sites is 1. The molecular weight excluding hydrogens is 172 g/mol. The van der Waals surface area contributed by atoms with Crippen LogP contribution in [0.25, 0.3) is 0 Å². The maximum atomic E-state index is 10.6. The number of rotatable bonds is 3. The Morgan fingerprint density at radius 2 is 1.85 bits per heavy atom. The fraction of sp³-hybridized carbons (Fsp3) is 0.125. The quantitative estimate of drug-likeness (QED) is 0.373. The van der Waals surface area contributed by atoms with Crippen LogP contribution < -0.4 is 10.9 Å². The molecule has 0 radical (unpaired) electrons. The number of carbonyl (C=O) groups excluding carboxylic acids is 1. The molecule has 0 aliphatic rings. The van der Waals surface area contributed by atoms with E-state index in [0.717, 1.165) is 0 Å². The van der Waals surface area contributed by atoms with Crippen LogP contribution in [0, 0.1) is 0 Å². The molecule has 0 heterocycles. The molecule has 1 aromatic carbocycles. The van der Waals surface area contributed by atoms with Gasteiger partial charge in [-0.05, 0) is 12.1 Å². The number of aliphatic hydroxyl groups is 2. The van der Waals surface area contributed by atoms with E-state index in [0.29, 0.717) is 5.69 Å². The minimum atomic E-state index is -2.00. The summed E-state index contributed by atoms with van der Waals surface area (Å²) < 4.78 is 0. The third-order valence-electron chi connectivity index (χ3n) is 1.34. The molecule has 5 heteroatoms. The van der Waals surface area contributed by atoms with Crippen molar-refractivity contribution in [3.8, 4) is 0 Å². The van der Waals surface area contributed by atoms with Gasteiger partial charge < -0.3 is 10.2 Å². The van der Waals surface area contributed by atoms with Gasteiger partial charge in [0, 0.05) is 0 Å². The van der Waals surface area contributed by atoms with Gasteiger partial charge in [-0.15, -0.1) is 0 Å². The van der Waals surface area contributed by atoms with Gasteiger partial charge in [0.1, 0.15) is 0 Å².